The Morgan fingerprint density at radius 2 is 1.05 bits per heavy atom. The van der Waals surface area contributed by atoms with Crippen molar-refractivity contribution in [3.8, 4) is 62.1 Å². The monoisotopic (exact) mass is 756 g/mol. The number of furan rings is 1. The largest absolute Gasteiger partial charge is 0.456 e. The summed E-state index contributed by atoms with van der Waals surface area (Å²) in [5, 5.41) is 4.61. The van der Waals surface area contributed by atoms with E-state index in [1.54, 1.807) is 0 Å². The number of rotatable bonds is 5. The Bertz CT molecular complexity index is 3470. The van der Waals surface area contributed by atoms with E-state index < -0.39 is 0 Å². The summed E-state index contributed by atoms with van der Waals surface area (Å²) in [5.41, 5.74) is 15.1. The van der Waals surface area contributed by atoms with Gasteiger partial charge in [-0.1, -0.05) is 147 Å². The van der Waals surface area contributed by atoms with Crippen LogP contribution in [0.15, 0.2) is 186 Å². The second-order valence-corrected chi connectivity index (χ2v) is 16.0. The standard InChI is InChI=1S/C54H36N4O/c1-54(2)44-25-12-9-22-38(44)42-31-43-39-23-10-13-26-46(39)58(47(43)32-45(42)54)37-21-15-20-35(28-37)52-55-51(34-18-7-4-8-19-34)56-53(57-52)36-29-41(33-16-5-3-6-17-33)50-40-24-11-14-27-48(40)59-49(50)30-36/h3-32H,1-2H3. The van der Waals surface area contributed by atoms with E-state index in [0.29, 0.717) is 17.5 Å². The molecule has 0 saturated heterocycles. The lowest BCUT2D eigenvalue weighted by atomic mass is 9.82. The van der Waals surface area contributed by atoms with Gasteiger partial charge < -0.3 is 8.98 Å². The van der Waals surface area contributed by atoms with Crippen LogP contribution in [0, 0.1) is 0 Å². The minimum atomic E-state index is -0.121. The second-order valence-electron chi connectivity index (χ2n) is 16.0. The highest BCUT2D eigenvalue weighted by Gasteiger charge is 2.36. The fraction of sp³-hybridized carbons (Fsp3) is 0.0556. The lowest BCUT2D eigenvalue weighted by Gasteiger charge is -2.21. The van der Waals surface area contributed by atoms with Crippen LogP contribution in [0.5, 0.6) is 0 Å². The molecule has 0 bridgehead atoms. The van der Waals surface area contributed by atoms with Crippen molar-refractivity contribution in [3.63, 3.8) is 0 Å². The third kappa shape index (κ3) is 5.14. The van der Waals surface area contributed by atoms with Crippen molar-refractivity contribution in [3.05, 3.63) is 193 Å². The third-order valence-corrected chi connectivity index (χ3v) is 12.2. The summed E-state index contributed by atoms with van der Waals surface area (Å²) in [5.74, 6) is 1.78. The SMILES string of the molecule is CC1(C)c2ccccc2-c2cc3c4ccccc4n(-c4cccc(-c5nc(-c6ccccc6)nc(-c6cc(-c7ccccc7)c7c(c6)oc6ccccc67)n5)c4)c3cc21. The van der Waals surface area contributed by atoms with Gasteiger partial charge in [0.25, 0.3) is 0 Å². The zero-order valence-electron chi connectivity index (χ0n) is 32.5. The molecule has 0 saturated carbocycles. The molecule has 5 nitrogen and oxygen atoms in total. The Balaban J connectivity index is 1.07. The van der Waals surface area contributed by atoms with Gasteiger partial charge in [-0.05, 0) is 81.9 Å². The number of hydrogen-bond acceptors (Lipinski definition) is 4. The number of hydrogen-bond donors (Lipinski definition) is 0. The maximum absolute atomic E-state index is 6.52. The molecular weight excluding hydrogens is 721 g/mol. The molecule has 0 unspecified atom stereocenters. The summed E-state index contributed by atoms with van der Waals surface area (Å²) in [6.07, 6.45) is 0. The van der Waals surface area contributed by atoms with Gasteiger partial charge in [0.15, 0.2) is 17.5 Å². The minimum Gasteiger partial charge on any atom is -0.456 e. The lowest BCUT2D eigenvalue weighted by molar-refractivity contribution is 0.661. The molecule has 0 spiro atoms. The smallest absolute Gasteiger partial charge is 0.164 e. The third-order valence-electron chi connectivity index (χ3n) is 12.2. The molecule has 0 fully saturated rings. The van der Waals surface area contributed by atoms with Crippen LogP contribution >= 0.6 is 0 Å². The molecule has 59 heavy (non-hydrogen) atoms. The van der Waals surface area contributed by atoms with Crippen LogP contribution in [0.1, 0.15) is 25.0 Å². The Kier molecular flexibility index (Phi) is 7.20. The topological polar surface area (TPSA) is 56.7 Å². The van der Waals surface area contributed by atoms with Crippen molar-refractivity contribution in [2.45, 2.75) is 19.3 Å². The number of fused-ring (bicyclic) bond motifs is 9. The van der Waals surface area contributed by atoms with Crippen LogP contribution in [0.3, 0.4) is 0 Å². The van der Waals surface area contributed by atoms with E-state index in [9.17, 15) is 0 Å². The Hall–Kier alpha value is -7.63. The van der Waals surface area contributed by atoms with Gasteiger partial charge in [0.2, 0.25) is 0 Å². The molecule has 0 N–H and O–H groups in total. The van der Waals surface area contributed by atoms with Gasteiger partial charge in [-0.3, -0.25) is 0 Å². The molecule has 0 aliphatic heterocycles. The molecule has 1 aliphatic carbocycles. The predicted molar refractivity (Wildman–Crippen MR) is 241 cm³/mol. The first-order valence-corrected chi connectivity index (χ1v) is 20.1. The van der Waals surface area contributed by atoms with E-state index in [1.807, 2.05) is 48.5 Å². The highest BCUT2D eigenvalue weighted by molar-refractivity contribution is 6.14. The van der Waals surface area contributed by atoms with Crippen molar-refractivity contribution in [2.75, 3.05) is 0 Å². The summed E-state index contributed by atoms with van der Waals surface area (Å²) in [6, 6.07) is 64.1. The summed E-state index contributed by atoms with van der Waals surface area (Å²) in [4.78, 5) is 15.6. The molecule has 0 amide bonds. The summed E-state index contributed by atoms with van der Waals surface area (Å²) in [6.45, 7) is 4.68. The Labute approximate surface area is 340 Å². The van der Waals surface area contributed by atoms with E-state index in [1.165, 1.54) is 38.5 Å². The number of nitrogens with zero attached hydrogens (tertiary/aromatic N) is 4. The van der Waals surface area contributed by atoms with Crippen molar-refractivity contribution in [2.24, 2.45) is 0 Å². The highest BCUT2D eigenvalue weighted by atomic mass is 16.3. The molecule has 5 heteroatoms. The van der Waals surface area contributed by atoms with E-state index >= 15 is 0 Å². The van der Waals surface area contributed by atoms with Crippen LogP contribution < -0.4 is 0 Å². The van der Waals surface area contributed by atoms with E-state index in [-0.39, 0.29) is 5.41 Å². The van der Waals surface area contributed by atoms with Crippen molar-refractivity contribution in [1.29, 1.82) is 0 Å². The zero-order valence-corrected chi connectivity index (χ0v) is 32.5. The van der Waals surface area contributed by atoms with Gasteiger partial charge >= 0.3 is 0 Å². The van der Waals surface area contributed by atoms with Crippen molar-refractivity contribution >= 4 is 43.7 Å². The zero-order chi connectivity index (χ0) is 39.2. The fourth-order valence-corrected chi connectivity index (χ4v) is 9.40. The first kappa shape index (κ1) is 33.5. The maximum Gasteiger partial charge on any atom is 0.164 e. The molecule has 0 atom stereocenters. The number of benzene rings is 8. The predicted octanol–water partition coefficient (Wildman–Crippen LogP) is 13.8. The van der Waals surface area contributed by atoms with E-state index in [2.05, 4.69) is 152 Å². The maximum atomic E-state index is 6.52. The van der Waals surface area contributed by atoms with Crippen LogP contribution in [-0.4, -0.2) is 19.5 Å². The van der Waals surface area contributed by atoms with Crippen LogP contribution in [-0.2, 0) is 5.41 Å². The Morgan fingerprint density at radius 3 is 1.86 bits per heavy atom. The number of aromatic nitrogens is 4. The molecular formula is C54H36N4O. The molecule has 3 aromatic heterocycles. The average Bonchev–Trinajstić information content (AvgIpc) is 3.91. The number of para-hydroxylation sites is 2. The van der Waals surface area contributed by atoms with Gasteiger partial charge in [0, 0.05) is 49.3 Å². The first-order chi connectivity index (χ1) is 29.0. The van der Waals surface area contributed by atoms with Gasteiger partial charge in [-0.25, -0.2) is 15.0 Å². The first-order valence-electron chi connectivity index (χ1n) is 20.1. The average molecular weight is 757 g/mol. The van der Waals surface area contributed by atoms with Crippen LogP contribution in [0.4, 0.5) is 0 Å². The van der Waals surface area contributed by atoms with Gasteiger partial charge in [0.05, 0.1) is 11.0 Å². The van der Waals surface area contributed by atoms with Crippen molar-refractivity contribution < 1.29 is 4.42 Å². The summed E-state index contributed by atoms with van der Waals surface area (Å²) in [7, 11) is 0. The van der Waals surface area contributed by atoms with Gasteiger partial charge in [-0.15, -0.1) is 0 Å². The lowest BCUT2D eigenvalue weighted by Crippen LogP contribution is -2.14. The molecule has 0 radical (unpaired) electrons. The van der Waals surface area contributed by atoms with Gasteiger partial charge in [0.1, 0.15) is 11.2 Å². The second kappa shape index (κ2) is 12.7. The molecule has 11 aromatic rings. The molecule has 8 aromatic carbocycles. The molecule has 3 heterocycles. The van der Waals surface area contributed by atoms with E-state index in [0.717, 1.165) is 61.0 Å². The summed E-state index contributed by atoms with van der Waals surface area (Å²) >= 11 is 0. The highest BCUT2D eigenvalue weighted by Crippen LogP contribution is 2.51. The Morgan fingerprint density at radius 1 is 0.407 bits per heavy atom. The van der Waals surface area contributed by atoms with E-state index in [4.69, 9.17) is 19.4 Å². The normalized spacial score (nSPS) is 13.1. The van der Waals surface area contributed by atoms with Crippen LogP contribution in [0.25, 0.3) is 106 Å². The molecule has 12 rings (SSSR count). The van der Waals surface area contributed by atoms with Gasteiger partial charge in [-0.2, -0.15) is 0 Å². The van der Waals surface area contributed by atoms with Crippen LogP contribution in [0.2, 0.25) is 0 Å². The van der Waals surface area contributed by atoms with Crippen molar-refractivity contribution in [1.82, 2.24) is 19.5 Å². The molecule has 278 valence electrons. The summed E-state index contributed by atoms with van der Waals surface area (Å²) < 4.78 is 8.92. The molecule has 1 aliphatic rings. The fourth-order valence-electron chi connectivity index (χ4n) is 9.40. The quantitative estimate of drug-likeness (QED) is 0.175. The minimum absolute atomic E-state index is 0.121.